The first-order valence-electron chi connectivity index (χ1n) is 10.3. The summed E-state index contributed by atoms with van der Waals surface area (Å²) in [6.45, 7) is 6.01. The summed E-state index contributed by atoms with van der Waals surface area (Å²) < 4.78 is 5.78. The highest BCUT2D eigenvalue weighted by molar-refractivity contribution is 7.10. The summed E-state index contributed by atoms with van der Waals surface area (Å²) >= 11 is 1.44. The molecule has 1 amide bonds. The van der Waals surface area contributed by atoms with Gasteiger partial charge in [0.1, 0.15) is 11.5 Å². The Morgan fingerprint density at radius 3 is 2.56 bits per heavy atom. The number of carbonyl (C=O) groups is 2. The number of aryl methyl sites for hydroxylation is 1. The van der Waals surface area contributed by atoms with Crippen LogP contribution in [0.2, 0.25) is 0 Å². The van der Waals surface area contributed by atoms with E-state index in [0.717, 1.165) is 16.0 Å². The summed E-state index contributed by atoms with van der Waals surface area (Å²) in [4.78, 5) is 32.4. The van der Waals surface area contributed by atoms with Crippen molar-refractivity contribution >= 4 is 28.8 Å². The molecule has 1 unspecified atom stereocenters. The highest BCUT2D eigenvalue weighted by Gasteiger charge is 2.46. The number of aliphatic hydroxyl groups excluding tert-OH is 1. The number of carbonyl (C=O) groups excluding carboxylic acids is 2. The van der Waals surface area contributed by atoms with Crippen LogP contribution in [0.4, 0.5) is 0 Å². The molecule has 164 valence electrons. The smallest absolute Gasteiger partial charge is 0.295 e. The zero-order valence-corrected chi connectivity index (χ0v) is 18.9. The van der Waals surface area contributed by atoms with E-state index in [1.807, 2.05) is 50.4 Å². The first kappa shape index (κ1) is 21.8. The van der Waals surface area contributed by atoms with Gasteiger partial charge in [-0.1, -0.05) is 6.07 Å². The molecule has 32 heavy (non-hydrogen) atoms. The Morgan fingerprint density at radius 2 is 1.94 bits per heavy atom. The third-order valence-corrected chi connectivity index (χ3v) is 6.19. The lowest BCUT2D eigenvalue weighted by atomic mass is 9.98. The second-order valence-electron chi connectivity index (χ2n) is 7.94. The van der Waals surface area contributed by atoms with Crippen LogP contribution in [0.25, 0.3) is 5.76 Å². The minimum absolute atomic E-state index is 0.0190. The van der Waals surface area contributed by atoms with E-state index in [1.54, 1.807) is 30.6 Å². The molecule has 3 aromatic rings. The predicted molar refractivity (Wildman–Crippen MR) is 123 cm³/mol. The lowest BCUT2D eigenvalue weighted by Gasteiger charge is -2.24. The van der Waals surface area contributed by atoms with Gasteiger partial charge in [-0.15, -0.1) is 11.3 Å². The monoisotopic (exact) mass is 448 g/mol. The molecule has 1 fully saturated rings. The number of thiophene rings is 1. The number of Topliss-reactive ketones (excluding diaryl/α,β-unsaturated/α-hetero) is 1. The number of ketones is 1. The molecule has 0 saturated carbocycles. The quantitative estimate of drug-likeness (QED) is 0.331. The lowest BCUT2D eigenvalue weighted by molar-refractivity contribution is -0.140. The van der Waals surface area contributed by atoms with Crippen LogP contribution >= 0.6 is 11.3 Å². The van der Waals surface area contributed by atoms with Crippen molar-refractivity contribution in [1.82, 2.24) is 9.88 Å². The van der Waals surface area contributed by atoms with Gasteiger partial charge in [0, 0.05) is 29.4 Å². The maximum absolute atomic E-state index is 13.1. The van der Waals surface area contributed by atoms with Gasteiger partial charge in [-0.2, -0.15) is 0 Å². The number of ether oxygens (including phenoxy) is 1. The minimum Gasteiger partial charge on any atom is -0.507 e. The van der Waals surface area contributed by atoms with E-state index in [4.69, 9.17) is 4.74 Å². The molecule has 4 rings (SSSR count). The average molecular weight is 449 g/mol. The van der Waals surface area contributed by atoms with Crippen LogP contribution in [0.3, 0.4) is 0 Å². The first-order chi connectivity index (χ1) is 15.4. The lowest BCUT2D eigenvalue weighted by Crippen LogP contribution is -2.28. The average Bonchev–Trinajstić information content (AvgIpc) is 3.38. The Labute approximate surface area is 190 Å². The number of pyridine rings is 1. The van der Waals surface area contributed by atoms with Gasteiger partial charge in [0.25, 0.3) is 11.7 Å². The molecule has 0 radical (unpaired) electrons. The van der Waals surface area contributed by atoms with Crippen molar-refractivity contribution in [3.63, 3.8) is 0 Å². The number of hydrogen-bond donors (Lipinski definition) is 1. The maximum atomic E-state index is 13.1. The van der Waals surface area contributed by atoms with E-state index in [-0.39, 0.29) is 24.0 Å². The van der Waals surface area contributed by atoms with Gasteiger partial charge >= 0.3 is 0 Å². The zero-order chi connectivity index (χ0) is 22.8. The van der Waals surface area contributed by atoms with Crippen molar-refractivity contribution in [3.05, 3.63) is 87.4 Å². The molecule has 1 atom stereocenters. The molecule has 0 aliphatic carbocycles. The Balaban J connectivity index is 1.79. The van der Waals surface area contributed by atoms with Crippen molar-refractivity contribution < 1.29 is 19.4 Å². The van der Waals surface area contributed by atoms with Crippen molar-refractivity contribution in [2.75, 3.05) is 0 Å². The molecule has 2 aromatic heterocycles. The molecule has 1 aliphatic heterocycles. The number of amides is 1. The number of aliphatic hydroxyl groups is 1. The summed E-state index contributed by atoms with van der Waals surface area (Å²) in [5.74, 6) is -0.781. The fourth-order valence-corrected chi connectivity index (χ4v) is 4.65. The molecule has 1 N–H and O–H groups in total. The van der Waals surface area contributed by atoms with Gasteiger partial charge in [0.05, 0.1) is 17.7 Å². The van der Waals surface area contributed by atoms with E-state index in [2.05, 4.69) is 4.98 Å². The van der Waals surface area contributed by atoms with Crippen molar-refractivity contribution in [1.29, 1.82) is 0 Å². The molecule has 6 nitrogen and oxygen atoms in total. The Morgan fingerprint density at radius 1 is 1.19 bits per heavy atom. The molecule has 1 aliphatic rings. The zero-order valence-electron chi connectivity index (χ0n) is 18.1. The van der Waals surface area contributed by atoms with Gasteiger partial charge in [-0.3, -0.25) is 14.6 Å². The molecular weight excluding hydrogens is 424 g/mol. The Hall–Kier alpha value is -3.45. The van der Waals surface area contributed by atoms with Gasteiger partial charge in [0.15, 0.2) is 0 Å². The van der Waals surface area contributed by atoms with Gasteiger partial charge < -0.3 is 14.7 Å². The topological polar surface area (TPSA) is 79.7 Å². The highest BCUT2D eigenvalue weighted by Crippen LogP contribution is 2.42. The van der Waals surface area contributed by atoms with Crippen LogP contribution in [0, 0.1) is 6.92 Å². The van der Waals surface area contributed by atoms with Crippen LogP contribution in [0.5, 0.6) is 5.75 Å². The molecular formula is C25H24N2O4S. The Bertz CT molecular complexity index is 1170. The third kappa shape index (κ3) is 4.16. The summed E-state index contributed by atoms with van der Waals surface area (Å²) in [5.41, 5.74) is 2.27. The Kier molecular flexibility index (Phi) is 6.10. The SMILES string of the molecule is Cc1cc(/C(O)=C2/C(=O)C(=O)N(Cc3ccncc3)C2c2cccs2)ccc1OC(C)C. The van der Waals surface area contributed by atoms with E-state index in [9.17, 15) is 14.7 Å². The second-order valence-corrected chi connectivity index (χ2v) is 8.92. The molecule has 1 saturated heterocycles. The fourth-order valence-electron chi connectivity index (χ4n) is 3.81. The van der Waals surface area contributed by atoms with Crippen LogP contribution < -0.4 is 4.74 Å². The predicted octanol–water partition coefficient (Wildman–Crippen LogP) is 4.86. The number of nitrogens with zero attached hydrogens (tertiary/aromatic N) is 2. The number of benzene rings is 1. The number of hydrogen-bond acceptors (Lipinski definition) is 6. The first-order valence-corrected chi connectivity index (χ1v) is 11.2. The van der Waals surface area contributed by atoms with Crippen molar-refractivity contribution in [2.24, 2.45) is 0 Å². The standard InChI is InChI=1S/C25H24N2O4S/c1-15(2)31-19-7-6-18(13-16(19)3)23(28)21-22(20-5-4-12-32-20)27(25(30)24(21)29)14-17-8-10-26-11-9-17/h4-13,15,22,28H,14H2,1-3H3/b23-21-. The number of aromatic nitrogens is 1. The summed E-state index contributed by atoms with van der Waals surface area (Å²) in [6.07, 6.45) is 3.32. The summed E-state index contributed by atoms with van der Waals surface area (Å²) in [6, 6.07) is 12.0. The molecule has 1 aromatic carbocycles. The molecule has 7 heteroatoms. The van der Waals surface area contributed by atoms with E-state index in [1.165, 1.54) is 16.2 Å². The van der Waals surface area contributed by atoms with Crippen LogP contribution in [0.15, 0.2) is 65.8 Å². The van der Waals surface area contributed by atoms with Crippen molar-refractivity contribution in [3.8, 4) is 5.75 Å². The van der Waals surface area contributed by atoms with Crippen molar-refractivity contribution in [2.45, 2.75) is 39.5 Å². The largest absolute Gasteiger partial charge is 0.507 e. The number of likely N-dealkylation sites (tertiary alicyclic amines) is 1. The maximum Gasteiger partial charge on any atom is 0.295 e. The van der Waals surface area contributed by atoms with Gasteiger partial charge in [-0.05, 0) is 73.7 Å². The molecule has 3 heterocycles. The van der Waals surface area contributed by atoms with Crippen LogP contribution in [-0.2, 0) is 16.1 Å². The second kappa shape index (κ2) is 8.96. The number of rotatable bonds is 6. The fraction of sp³-hybridized carbons (Fsp3) is 0.240. The summed E-state index contributed by atoms with van der Waals surface area (Å²) in [5, 5.41) is 13.1. The third-order valence-electron chi connectivity index (χ3n) is 5.27. The van der Waals surface area contributed by atoms with Crippen LogP contribution in [-0.4, -0.2) is 32.8 Å². The van der Waals surface area contributed by atoms with E-state index in [0.29, 0.717) is 11.3 Å². The van der Waals surface area contributed by atoms with Crippen LogP contribution in [0.1, 0.15) is 41.5 Å². The molecule has 0 bridgehead atoms. The minimum atomic E-state index is -0.685. The summed E-state index contributed by atoms with van der Waals surface area (Å²) in [7, 11) is 0. The van der Waals surface area contributed by atoms with Gasteiger partial charge in [-0.25, -0.2) is 0 Å². The van der Waals surface area contributed by atoms with Gasteiger partial charge in [0.2, 0.25) is 0 Å². The highest BCUT2D eigenvalue weighted by atomic mass is 32.1. The molecule has 0 spiro atoms. The van der Waals surface area contributed by atoms with E-state index < -0.39 is 17.7 Å². The van der Waals surface area contributed by atoms with E-state index >= 15 is 0 Å². The normalized spacial score (nSPS) is 17.9.